The first-order valence-corrected chi connectivity index (χ1v) is 7.46. The zero-order valence-electron chi connectivity index (χ0n) is 12.7. The van der Waals surface area contributed by atoms with E-state index in [1.807, 2.05) is 0 Å². The summed E-state index contributed by atoms with van der Waals surface area (Å²) >= 11 is 0. The van der Waals surface area contributed by atoms with Crippen molar-refractivity contribution < 1.29 is 19.8 Å². The molecule has 0 bridgehead atoms. The van der Waals surface area contributed by atoms with Gasteiger partial charge in [-0.15, -0.1) is 0 Å². The highest BCUT2D eigenvalue weighted by Crippen LogP contribution is 2.22. The molecule has 2 rings (SSSR count). The number of aliphatic hydroxyl groups excluding tert-OH is 1. The number of hydrogen-bond acceptors (Lipinski definition) is 4. The van der Waals surface area contributed by atoms with Gasteiger partial charge in [0.15, 0.2) is 0 Å². The van der Waals surface area contributed by atoms with Crippen molar-refractivity contribution in [3.63, 3.8) is 0 Å². The molecule has 0 spiro atoms. The monoisotopic (exact) mass is 306 g/mol. The van der Waals surface area contributed by atoms with Crippen LogP contribution in [0.2, 0.25) is 0 Å². The fourth-order valence-corrected chi connectivity index (χ4v) is 2.70. The van der Waals surface area contributed by atoms with Gasteiger partial charge in [-0.3, -0.25) is 9.59 Å². The second kappa shape index (κ2) is 7.38. The second-order valence-corrected chi connectivity index (χ2v) is 5.73. The van der Waals surface area contributed by atoms with Gasteiger partial charge < -0.3 is 20.4 Å². The van der Waals surface area contributed by atoms with Gasteiger partial charge in [0.05, 0.1) is 12.0 Å². The van der Waals surface area contributed by atoms with Crippen LogP contribution < -0.4 is 5.32 Å². The third kappa shape index (κ3) is 4.54. The molecule has 120 valence electrons. The van der Waals surface area contributed by atoms with Crippen LogP contribution in [0.1, 0.15) is 31.4 Å². The van der Waals surface area contributed by atoms with Crippen molar-refractivity contribution in [1.82, 2.24) is 4.90 Å². The Kier molecular flexibility index (Phi) is 5.51. The first kappa shape index (κ1) is 16.5. The molecule has 1 aromatic carbocycles. The molecule has 0 radical (unpaired) electrons. The zero-order valence-corrected chi connectivity index (χ0v) is 12.7. The summed E-state index contributed by atoms with van der Waals surface area (Å²) in [6.07, 6.45) is 0.639. The molecule has 1 atom stereocenters. The van der Waals surface area contributed by atoms with Crippen LogP contribution in [-0.2, 0) is 9.59 Å². The molecule has 3 N–H and O–H groups in total. The quantitative estimate of drug-likeness (QED) is 0.766. The lowest BCUT2D eigenvalue weighted by Crippen LogP contribution is -2.38. The predicted molar refractivity (Wildman–Crippen MR) is 82.5 cm³/mol. The second-order valence-electron chi connectivity index (χ2n) is 5.73. The van der Waals surface area contributed by atoms with Gasteiger partial charge in [-0.1, -0.05) is 12.1 Å². The third-order valence-electron chi connectivity index (χ3n) is 3.98. The van der Waals surface area contributed by atoms with E-state index < -0.39 is 12.1 Å². The molecule has 6 heteroatoms. The average molecular weight is 306 g/mol. The molecule has 1 aromatic rings. The Morgan fingerprint density at radius 2 is 1.86 bits per heavy atom. The molecular weight excluding hydrogens is 284 g/mol. The van der Waals surface area contributed by atoms with E-state index in [0.29, 0.717) is 38.2 Å². The lowest BCUT2D eigenvalue weighted by Gasteiger charge is -2.31. The van der Waals surface area contributed by atoms with Crippen molar-refractivity contribution in [2.24, 2.45) is 5.92 Å². The molecule has 1 unspecified atom stereocenters. The maximum atomic E-state index is 11.0. The van der Waals surface area contributed by atoms with E-state index in [9.17, 15) is 14.7 Å². The maximum absolute atomic E-state index is 11.0. The minimum Gasteiger partial charge on any atom is -0.481 e. The van der Waals surface area contributed by atoms with Crippen LogP contribution in [0.4, 0.5) is 5.69 Å². The number of rotatable bonds is 5. The molecule has 0 aliphatic carbocycles. The highest BCUT2D eigenvalue weighted by molar-refractivity contribution is 5.88. The van der Waals surface area contributed by atoms with Gasteiger partial charge in [-0.25, -0.2) is 0 Å². The summed E-state index contributed by atoms with van der Waals surface area (Å²) in [5, 5.41) is 21.9. The number of aliphatic hydroxyl groups is 1. The van der Waals surface area contributed by atoms with Gasteiger partial charge in [0.25, 0.3) is 0 Å². The van der Waals surface area contributed by atoms with Crippen molar-refractivity contribution in [3.05, 3.63) is 29.8 Å². The van der Waals surface area contributed by atoms with Crippen LogP contribution in [0, 0.1) is 5.92 Å². The number of β-amino-alcohol motifs (C(OH)–C–C–N with tert-alkyl or cyclic N) is 1. The van der Waals surface area contributed by atoms with E-state index in [0.717, 1.165) is 5.56 Å². The molecule has 6 nitrogen and oxygen atoms in total. The minimum absolute atomic E-state index is 0.130. The number of hydrogen-bond donors (Lipinski definition) is 3. The molecule has 1 saturated heterocycles. The fourth-order valence-electron chi connectivity index (χ4n) is 2.70. The molecule has 1 fully saturated rings. The van der Waals surface area contributed by atoms with Crippen molar-refractivity contribution in [2.75, 3.05) is 25.0 Å². The SMILES string of the molecule is CC(=O)Nc1ccc(C(O)CN2CCC(C(=O)O)CC2)cc1. The molecule has 22 heavy (non-hydrogen) atoms. The van der Waals surface area contributed by atoms with Crippen LogP contribution in [-0.4, -0.2) is 46.6 Å². The lowest BCUT2D eigenvalue weighted by atomic mass is 9.96. The summed E-state index contributed by atoms with van der Waals surface area (Å²) in [6.45, 7) is 3.32. The summed E-state index contributed by atoms with van der Waals surface area (Å²) in [4.78, 5) is 24.0. The van der Waals surface area contributed by atoms with Gasteiger partial charge in [-0.05, 0) is 43.6 Å². The number of anilines is 1. The number of likely N-dealkylation sites (tertiary alicyclic amines) is 1. The summed E-state index contributed by atoms with van der Waals surface area (Å²) in [5.41, 5.74) is 1.49. The van der Waals surface area contributed by atoms with Crippen LogP contribution in [0.5, 0.6) is 0 Å². The largest absolute Gasteiger partial charge is 0.481 e. The molecule has 1 amide bonds. The standard InChI is InChI=1S/C16H22N2O4/c1-11(19)17-14-4-2-12(3-5-14)15(20)10-18-8-6-13(7-9-18)16(21)22/h2-5,13,15,20H,6-10H2,1H3,(H,17,19)(H,21,22). The van der Waals surface area contributed by atoms with Crippen LogP contribution in [0.3, 0.4) is 0 Å². The Bertz CT molecular complexity index is 521. The van der Waals surface area contributed by atoms with E-state index >= 15 is 0 Å². The minimum atomic E-state index is -0.728. The summed E-state index contributed by atoms with van der Waals surface area (Å²) in [7, 11) is 0. The Morgan fingerprint density at radius 1 is 1.27 bits per heavy atom. The van der Waals surface area contributed by atoms with Crippen LogP contribution >= 0.6 is 0 Å². The van der Waals surface area contributed by atoms with E-state index in [1.54, 1.807) is 24.3 Å². The highest BCUT2D eigenvalue weighted by Gasteiger charge is 2.25. The molecule has 1 heterocycles. The molecule has 1 aliphatic rings. The number of piperidine rings is 1. The van der Waals surface area contributed by atoms with Crippen molar-refractivity contribution >= 4 is 17.6 Å². The number of carbonyl (C=O) groups is 2. The lowest BCUT2D eigenvalue weighted by molar-refractivity contribution is -0.143. The number of carboxylic acids is 1. The Labute approximate surface area is 129 Å². The topological polar surface area (TPSA) is 89.9 Å². The number of carboxylic acid groups (broad SMARTS) is 1. The number of aliphatic carboxylic acids is 1. The first-order valence-electron chi connectivity index (χ1n) is 7.46. The summed E-state index contributed by atoms with van der Waals surface area (Å²) in [5.74, 6) is -1.12. The molecular formula is C16H22N2O4. The van der Waals surface area contributed by atoms with Crippen molar-refractivity contribution in [2.45, 2.75) is 25.9 Å². The highest BCUT2D eigenvalue weighted by atomic mass is 16.4. The van der Waals surface area contributed by atoms with E-state index in [4.69, 9.17) is 5.11 Å². The van der Waals surface area contributed by atoms with Gasteiger partial charge in [0.1, 0.15) is 0 Å². The van der Waals surface area contributed by atoms with E-state index in [-0.39, 0.29) is 11.8 Å². The molecule has 0 aromatic heterocycles. The number of amides is 1. The average Bonchev–Trinajstić information content (AvgIpc) is 2.48. The Hall–Kier alpha value is -1.92. The number of nitrogens with one attached hydrogen (secondary N) is 1. The van der Waals surface area contributed by atoms with E-state index in [2.05, 4.69) is 10.2 Å². The molecule has 0 saturated carbocycles. The third-order valence-corrected chi connectivity index (χ3v) is 3.98. The van der Waals surface area contributed by atoms with Crippen LogP contribution in [0.15, 0.2) is 24.3 Å². The van der Waals surface area contributed by atoms with Gasteiger partial charge in [-0.2, -0.15) is 0 Å². The Balaban J connectivity index is 1.86. The van der Waals surface area contributed by atoms with Crippen molar-refractivity contribution in [3.8, 4) is 0 Å². The fraction of sp³-hybridized carbons (Fsp3) is 0.500. The van der Waals surface area contributed by atoms with E-state index in [1.165, 1.54) is 6.92 Å². The molecule has 1 aliphatic heterocycles. The van der Waals surface area contributed by atoms with Gasteiger partial charge in [0, 0.05) is 19.2 Å². The summed E-state index contributed by atoms with van der Waals surface area (Å²) < 4.78 is 0. The van der Waals surface area contributed by atoms with Gasteiger partial charge in [0.2, 0.25) is 5.91 Å². The van der Waals surface area contributed by atoms with Gasteiger partial charge >= 0.3 is 5.97 Å². The Morgan fingerprint density at radius 3 is 2.36 bits per heavy atom. The summed E-state index contributed by atoms with van der Waals surface area (Å²) in [6, 6.07) is 7.10. The maximum Gasteiger partial charge on any atom is 0.306 e. The number of nitrogens with zero attached hydrogens (tertiary/aromatic N) is 1. The predicted octanol–water partition coefficient (Wildman–Crippen LogP) is 1.47. The number of carbonyl (C=O) groups excluding carboxylic acids is 1. The van der Waals surface area contributed by atoms with Crippen molar-refractivity contribution in [1.29, 1.82) is 0 Å². The first-order chi connectivity index (χ1) is 10.5. The smallest absolute Gasteiger partial charge is 0.306 e. The normalized spacial score (nSPS) is 17.9. The van der Waals surface area contributed by atoms with Crippen LogP contribution in [0.25, 0.3) is 0 Å². The zero-order chi connectivity index (χ0) is 16.1. The number of benzene rings is 1.